The number of fused-ring (bicyclic) bond motifs is 1. The molecule has 1 fully saturated rings. The number of hydrogen-bond donors (Lipinski definition) is 3. The molecule has 9 heteroatoms. The Morgan fingerprint density at radius 3 is 2.66 bits per heavy atom. The molecule has 0 bridgehead atoms. The van der Waals surface area contributed by atoms with E-state index in [4.69, 9.17) is 18.9 Å². The zero-order valence-electron chi connectivity index (χ0n) is 19.4. The summed E-state index contributed by atoms with van der Waals surface area (Å²) >= 11 is 0. The van der Waals surface area contributed by atoms with E-state index in [0.717, 1.165) is 93.6 Å². The first-order chi connectivity index (χ1) is 15.2. The number of halogens is 1. The van der Waals surface area contributed by atoms with Gasteiger partial charge in [0.1, 0.15) is 11.5 Å². The third kappa shape index (κ3) is 8.00. The number of hydrogen-bond acceptors (Lipinski definition) is 5. The van der Waals surface area contributed by atoms with Crippen molar-refractivity contribution in [3.8, 4) is 11.5 Å². The van der Waals surface area contributed by atoms with Crippen molar-refractivity contribution in [3.05, 3.63) is 23.9 Å². The minimum absolute atomic E-state index is 0. The highest BCUT2D eigenvalue weighted by Gasteiger charge is 2.15. The van der Waals surface area contributed by atoms with Gasteiger partial charge in [-0.3, -0.25) is 4.99 Å². The SMILES string of the molecule is CN=C(NCCCOCC1CCOC1)NCCCc1cc2c(OC)cc(OC)cc2[nH]1.I. The van der Waals surface area contributed by atoms with Gasteiger partial charge in [-0.1, -0.05) is 0 Å². The topological polar surface area (TPSA) is 89.1 Å². The van der Waals surface area contributed by atoms with Crippen molar-refractivity contribution in [2.75, 3.05) is 60.8 Å². The maximum absolute atomic E-state index is 5.74. The number of methoxy groups -OCH3 is 2. The Morgan fingerprint density at radius 1 is 1.16 bits per heavy atom. The standard InChI is InChI=1S/C23H36N4O4.HI/c1-24-23(26-9-5-10-30-15-17-7-11-31-16-17)25-8-4-6-18-12-20-21(27-18)13-19(28-2)14-22(20)29-3;/h12-14,17,27H,4-11,15-16H2,1-3H3,(H2,24,25,26);1H. The molecule has 1 aromatic heterocycles. The zero-order valence-corrected chi connectivity index (χ0v) is 21.7. The quantitative estimate of drug-likeness (QED) is 0.160. The number of aliphatic imine (C=N–C) groups is 1. The predicted molar refractivity (Wildman–Crippen MR) is 139 cm³/mol. The second-order valence-corrected chi connectivity index (χ2v) is 7.77. The summed E-state index contributed by atoms with van der Waals surface area (Å²) in [6.45, 7) is 4.96. The fraction of sp³-hybridized carbons (Fsp3) is 0.609. The lowest BCUT2D eigenvalue weighted by Gasteiger charge is -2.12. The number of guanidine groups is 1. The van der Waals surface area contributed by atoms with Crippen LogP contribution in [-0.4, -0.2) is 71.7 Å². The van der Waals surface area contributed by atoms with Crippen LogP contribution in [0.15, 0.2) is 23.2 Å². The first kappa shape index (κ1) is 26.5. The molecule has 0 radical (unpaired) electrons. The Hall–Kier alpha value is -1.72. The van der Waals surface area contributed by atoms with Crippen LogP contribution < -0.4 is 20.1 Å². The summed E-state index contributed by atoms with van der Waals surface area (Å²) in [5, 5.41) is 7.79. The van der Waals surface area contributed by atoms with Crippen LogP contribution in [0.5, 0.6) is 11.5 Å². The summed E-state index contributed by atoms with van der Waals surface area (Å²) in [5.74, 6) is 3.00. The average Bonchev–Trinajstić information content (AvgIpc) is 3.46. The monoisotopic (exact) mass is 560 g/mol. The van der Waals surface area contributed by atoms with Gasteiger partial charge in [0.15, 0.2) is 5.96 Å². The summed E-state index contributed by atoms with van der Waals surface area (Å²) < 4.78 is 21.9. The first-order valence-electron chi connectivity index (χ1n) is 11.1. The molecule has 3 rings (SSSR count). The van der Waals surface area contributed by atoms with Gasteiger partial charge in [-0.2, -0.15) is 0 Å². The lowest BCUT2D eigenvalue weighted by Crippen LogP contribution is -2.38. The highest BCUT2D eigenvalue weighted by Crippen LogP contribution is 2.31. The highest BCUT2D eigenvalue weighted by molar-refractivity contribution is 14.0. The molecule has 0 spiro atoms. The number of H-pyrrole nitrogens is 1. The van der Waals surface area contributed by atoms with Crippen LogP contribution in [0.2, 0.25) is 0 Å². The molecule has 1 aliphatic heterocycles. The van der Waals surface area contributed by atoms with E-state index in [1.165, 1.54) is 5.69 Å². The molecule has 2 aromatic rings. The molecule has 1 aromatic carbocycles. The maximum Gasteiger partial charge on any atom is 0.190 e. The number of rotatable bonds is 12. The number of aromatic amines is 1. The summed E-state index contributed by atoms with van der Waals surface area (Å²) in [7, 11) is 5.14. The smallest absolute Gasteiger partial charge is 0.190 e. The largest absolute Gasteiger partial charge is 0.497 e. The minimum Gasteiger partial charge on any atom is -0.497 e. The average molecular weight is 560 g/mol. The minimum atomic E-state index is 0. The molecular weight excluding hydrogens is 523 g/mol. The van der Waals surface area contributed by atoms with E-state index in [9.17, 15) is 0 Å². The molecule has 2 heterocycles. The summed E-state index contributed by atoms with van der Waals surface area (Å²) in [5.41, 5.74) is 2.20. The molecule has 0 aliphatic carbocycles. The molecule has 3 N–H and O–H groups in total. The summed E-state index contributed by atoms with van der Waals surface area (Å²) in [6.07, 6.45) is 3.99. The van der Waals surface area contributed by atoms with Gasteiger partial charge in [-0.05, 0) is 31.7 Å². The van der Waals surface area contributed by atoms with Gasteiger partial charge in [0.2, 0.25) is 0 Å². The lowest BCUT2D eigenvalue weighted by atomic mass is 10.1. The molecule has 1 atom stereocenters. The van der Waals surface area contributed by atoms with Gasteiger partial charge >= 0.3 is 0 Å². The van der Waals surface area contributed by atoms with Crippen LogP contribution in [-0.2, 0) is 15.9 Å². The fourth-order valence-electron chi connectivity index (χ4n) is 3.71. The van der Waals surface area contributed by atoms with Crippen molar-refractivity contribution in [1.29, 1.82) is 0 Å². The van der Waals surface area contributed by atoms with Crippen LogP contribution in [0.1, 0.15) is 25.0 Å². The second-order valence-electron chi connectivity index (χ2n) is 7.77. The molecule has 0 amide bonds. The van der Waals surface area contributed by atoms with Crippen LogP contribution >= 0.6 is 24.0 Å². The van der Waals surface area contributed by atoms with Crippen molar-refractivity contribution in [2.45, 2.75) is 25.7 Å². The molecule has 0 saturated carbocycles. The van der Waals surface area contributed by atoms with Crippen LogP contribution in [0.25, 0.3) is 10.9 Å². The second kappa shape index (κ2) is 14.4. The highest BCUT2D eigenvalue weighted by atomic mass is 127. The van der Waals surface area contributed by atoms with E-state index in [1.54, 1.807) is 21.3 Å². The normalized spacial score (nSPS) is 16.1. The van der Waals surface area contributed by atoms with Crippen LogP contribution in [0.3, 0.4) is 0 Å². The van der Waals surface area contributed by atoms with Crippen molar-refractivity contribution < 1.29 is 18.9 Å². The molecule has 8 nitrogen and oxygen atoms in total. The zero-order chi connectivity index (χ0) is 21.9. The third-order valence-corrected chi connectivity index (χ3v) is 5.46. The molecule has 180 valence electrons. The Kier molecular flexibility index (Phi) is 12.0. The van der Waals surface area contributed by atoms with E-state index in [0.29, 0.717) is 5.92 Å². The van der Waals surface area contributed by atoms with E-state index < -0.39 is 0 Å². The molecule has 32 heavy (non-hydrogen) atoms. The Balaban J connectivity index is 0.00000363. The van der Waals surface area contributed by atoms with Gasteiger partial charge in [0.05, 0.1) is 33.0 Å². The first-order valence-corrected chi connectivity index (χ1v) is 11.1. The maximum atomic E-state index is 5.74. The molecule has 1 saturated heterocycles. The van der Waals surface area contributed by atoms with Crippen molar-refractivity contribution in [1.82, 2.24) is 15.6 Å². The Bertz CT molecular complexity index is 837. The van der Waals surface area contributed by atoms with Crippen molar-refractivity contribution in [2.24, 2.45) is 10.9 Å². The number of nitrogens with one attached hydrogen (secondary N) is 3. The predicted octanol–water partition coefficient (Wildman–Crippen LogP) is 3.34. The number of ether oxygens (including phenoxy) is 4. The summed E-state index contributed by atoms with van der Waals surface area (Å²) in [4.78, 5) is 7.75. The van der Waals surface area contributed by atoms with Gasteiger partial charge in [0, 0.05) is 62.5 Å². The van der Waals surface area contributed by atoms with Gasteiger partial charge in [-0.25, -0.2) is 0 Å². The van der Waals surface area contributed by atoms with Gasteiger partial charge < -0.3 is 34.6 Å². The van der Waals surface area contributed by atoms with Crippen molar-refractivity contribution in [3.63, 3.8) is 0 Å². The van der Waals surface area contributed by atoms with E-state index >= 15 is 0 Å². The molecule has 1 unspecified atom stereocenters. The number of nitrogens with zero attached hydrogens (tertiary/aromatic N) is 1. The number of benzene rings is 1. The van der Waals surface area contributed by atoms with Gasteiger partial charge in [0.25, 0.3) is 0 Å². The Morgan fingerprint density at radius 2 is 1.97 bits per heavy atom. The lowest BCUT2D eigenvalue weighted by molar-refractivity contribution is 0.0888. The van der Waals surface area contributed by atoms with Crippen LogP contribution in [0, 0.1) is 5.92 Å². The third-order valence-electron chi connectivity index (χ3n) is 5.46. The molecular formula is C23H37IN4O4. The fourth-order valence-corrected chi connectivity index (χ4v) is 3.71. The number of aromatic nitrogens is 1. The molecule has 1 aliphatic rings. The van der Waals surface area contributed by atoms with Crippen molar-refractivity contribution >= 4 is 40.8 Å². The van der Waals surface area contributed by atoms with E-state index in [1.807, 2.05) is 12.1 Å². The van der Waals surface area contributed by atoms with E-state index in [-0.39, 0.29) is 24.0 Å². The van der Waals surface area contributed by atoms with E-state index in [2.05, 4.69) is 26.7 Å². The Labute approximate surface area is 207 Å². The number of aryl methyl sites for hydroxylation is 1. The van der Waals surface area contributed by atoms with Crippen LogP contribution in [0.4, 0.5) is 0 Å². The summed E-state index contributed by atoms with van der Waals surface area (Å²) in [6, 6.07) is 6.06. The van der Waals surface area contributed by atoms with Gasteiger partial charge in [-0.15, -0.1) is 24.0 Å².